The van der Waals surface area contributed by atoms with E-state index in [-0.39, 0.29) is 5.54 Å². The van der Waals surface area contributed by atoms with Crippen molar-refractivity contribution in [2.75, 3.05) is 0 Å². The summed E-state index contributed by atoms with van der Waals surface area (Å²) in [4.78, 5) is 2.24. The number of hydrogen-bond donors (Lipinski definition) is 0. The van der Waals surface area contributed by atoms with Crippen LogP contribution in [0.5, 0.6) is 0 Å². The Kier molecular flexibility index (Phi) is 1.83. The fourth-order valence-electron chi connectivity index (χ4n) is 1.68. The minimum Gasteiger partial charge on any atom is -0.345 e. The van der Waals surface area contributed by atoms with Crippen molar-refractivity contribution in [3.8, 4) is 0 Å². The summed E-state index contributed by atoms with van der Waals surface area (Å²) in [6.45, 7) is 14.6. The molecule has 0 aliphatic carbocycles. The largest absolute Gasteiger partial charge is 0.345 e. The molecular weight excluding hydrogens is 134 g/mol. The summed E-state index contributed by atoms with van der Waals surface area (Å²) in [5, 5.41) is 0. The minimum atomic E-state index is 0.157. The van der Waals surface area contributed by atoms with Gasteiger partial charge in [0.05, 0.1) is 0 Å². The van der Waals surface area contributed by atoms with Crippen LogP contribution in [0.4, 0.5) is 0 Å². The number of hydrogen-bond acceptors (Lipinski definition) is 1. The summed E-state index contributed by atoms with van der Waals surface area (Å²) in [5.74, 6) is 0. The molecule has 0 amide bonds. The van der Waals surface area contributed by atoms with Gasteiger partial charge in [0.2, 0.25) is 0 Å². The Morgan fingerprint density at radius 2 is 1.45 bits per heavy atom. The van der Waals surface area contributed by atoms with E-state index in [0.717, 1.165) is 12.8 Å². The van der Waals surface area contributed by atoms with E-state index in [1.54, 1.807) is 0 Å². The molecule has 0 spiro atoms. The molecule has 1 rings (SSSR count). The predicted octanol–water partition coefficient (Wildman–Crippen LogP) is 2.91. The fraction of sp³-hybridized carbons (Fsp3) is 0.600. The van der Waals surface area contributed by atoms with Crippen molar-refractivity contribution < 1.29 is 0 Å². The second-order valence-corrected chi connectivity index (χ2v) is 4.14. The van der Waals surface area contributed by atoms with Gasteiger partial charge in [-0.15, -0.1) is 0 Å². The molecule has 1 aliphatic heterocycles. The van der Waals surface area contributed by atoms with Crippen molar-refractivity contribution in [1.29, 1.82) is 0 Å². The third kappa shape index (κ3) is 1.47. The molecule has 0 bridgehead atoms. The minimum absolute atomic E-state index is 0.157. The van der Waals surface area contributed by atoms with Crippen LogP contribution in [0.1, 0.15) is 33.6 Å². The van der Waals surface area contributed by atoms with E-state index < -0.39 is 0 Å². The molecule has 62 valence electrons. The lowest BCUT2D eigenvalue weighted by molar-refractivity contribution is 0.254. The van der Waals surface area contributed by atoms with Gasteiger partial charge in [-0.1, -0.05) is 13.2 Å². The predicted molar refractivity (Wildman–Crippen MR) is 49.1 cm³/mol. The highest BCUT2D eigenvalue weighted by molar-refractivity contribution is 5.19. The molecule has 0 aromatic rings. The van der Waals surface area contributed by atoms with Gasteiger partial charge in [0.1, 0.15) is 0 Å². The highest BCUT2D eigenvalue weighted by atomic mass is 15.2. The van der Waals surface area contributed by atoms with Crippen LogP contribution in [0, 0.1) is 0 Å². The SMILES string of the molecule is C=C1CCC(=C)N1C(C)(C)C. The molecule has 1 nitrogen and oxygen atoms in total. The second kappa shape index (κ2) is 2.40. The van der Waals surface area contributed by atoms with Crippen molar-refractivity contribution in [3.63, 3.8) is 0 Å². The van der Waals surface area contributed by atoms with Crippen molar-refractivity contribution in [2.24, 2.45) is 0 Å². The van der Waals surface area contributed by atoms with Crippen molar-refractivity contribution in [1.82, 2.24) is 4.90 Å². The van der Waals surface area contributed by atoms with E-state index in [4.69, 9.17) is 0 Å². The lowest BCUT2D eigenvalue weighted by Crippen LogP contribution is -2.35. The average molecular weight is 151 g/mol. The molecule has 1 saturated heterocycles. The van der Waals surface area contributed by atoms with Crippen LogP contribution in [-0.4, -0.2) is 10.4 Å². The summed E-state index contributed by atoms with van der Waals surface area (Å²) < 4.78 is 0. The Labute approximate surface area is 69.4 Å². The first kappa shape index (κ1) is 8.38. The number of nitrogens with zero attached hydrogens (tertiary/aromatic N) is 1. The summed E-state index contributed by atoms with van der Waals surface area (Å²) >= 11 is 0. The number of likely N-dealkylation sites (tertiary alicyclic amines) is 1. The third-order valence-corrected chi connectivity index (χ3v) is 2.01. The maximum absolute atomic E-state index is 4.02. The van der Waals surface area contributed by atoms with Gasteiger partial charge < -0.3 is 4.90 Å². The van der Waals surface area contributed by atoms with Crippen LogP contribution in [0.25, 0.3) is 0 Å². The van der Waals surface area contributed by atoms with E-state index in [1.165, 1.54) is 11.4 Å². The summed E-state index contributed by atoms with van der Waals surface area (Å²) in [5.41, 5.74) is 2.58. The molecule has 1 heteroatoms. The zero-order valence-electron chi connectivity index (χ0n) is 7.78. The summed E-state index contributed by atoms with van der Waals surface area (Å²) in [6.07, 6.45) is 2.16. The zero-order valence-corrected chi connectivity index (χ0v) is 7.78. The normalized spacial score (nSPS) is 19.7. The second-order valence-electron chi connectivity index (χ2n) is 4.14. The van der Waals surface area contributed by atoms with Gasteiger partial charge in [-0.3, -0.25) is 0 Å². The Morgan fingerprint density at radius 1 is 1.09 bits per heavy atom. The molecular formula is C10H17N. The van der Waals surface area contributed by atoms with E-state index in [0.29, 0.717) is 0 Å². The topological polar surface area (TPSA) is 3.24 Å². The summed E-state index contributed by atoms with van der Waals surface area (Å²) in [6, 6.07) is 0. The van der Waals surface area contributed by atoms with Crippen molar-refractivity contribution in [2.45, 2.75) is 39.2 Å². The first-order chi connectivity index (χ1) is 4.93. The lowest BCUT2D eigenvalue weighted by Gasteiger charge is -2.35. The van der Waals surface area contributed by atoms with E-state index >= 15 is 0 Å². The van der Waals surface area contributed by atoms with Crippen LogP contribution in [0.2, 0.25) is 0 Å². The van der Waals surface area contributed by atoms with E-state index in [1.807, 2.05) is 0 Å². The highest BCUT2D eigenvalue weighted by Crippen LogP contribution is 2.34. The summed E-state index contributed by atoms with van der Waals surface area (Å²) in [7, 11) is 0. The molecule has 1 aliphatic rings. The van der Waals surface area contributed by atoms with Crippen LogP contribution in [-0.2, 0) is 0 Å². The van der Waals surface area contributed by atoms with Crippen LogP contribution in [0.3, 0.4) is 0 Å². The Morgan fingerprint density at radius 3 is 1.64 bits per heavy atom. The smallest absolute Gasteiger partial charge is 0.0360 e. The third-order valence-electron chi connectivity index (χ3n) is 2.01. The molecule has 11 heavy (non-hydrogen) atoms. The van der Waals surface area contributed by atoms with Gasteiger partial charge in [-0.25, -0.2) is 0 Å². The maximum Gasteiger partial charge on any atom is 0.0360 e. The van der Waals surface area contributed by atoms with Crippen molar-refractivity contribution in [3.05, 3.63) is 24.6 Å². The quantitative estimate of drug-likeness (QED) is 0.514. The first-order valence-electron chi connectivity index (χ1n) is 4.09. The number of rotatable bonds is 0. The monoisotopic (exact) mass is 151 g/mol. The number of allylic oxidation sites excluding steroid dienone is 2. The molecule has 0 radical (unpaired) electrons. The zero-order chi connectivity index (χ0) is 8.65. The highest BCUT2D eigenvalue weighted by Gasteiger charge is 2.28. The van der Waals surface area contributed by atoms with Gasteiger partial charge in [0, 0.05) is 16.9 Å². The molecule has 0 N–H and O–H groups in total. The Balaban J connectivity index is 2.85. The standard InChI is InChI=1S/C10H17N/c1-8-6-7-9(2)11(8)10(3,4)5/h1-2,6-7H2,3-5H3. The van der Waals surface area contributed by atoms with E-state index in [2.05, 4.69) is 38.8 Å². The van der Waals surface area contributed by atoms with Gasteiger partial charge in [-0.05, 0) is 33.6 Å². The maximum atomic E-state index is 4.02. The van der Waals surface area contributed by atoms with Crippen LogP contribution < -0.4 is 0 Å². The first-order valence-corrected chi connectivity index (χ1v) is 4.09. The average Bonchev–Trinajstić information content (AvgIpc) is 2.08. The van der Waals surface area contributed by atoms with Gasteiger partial charge in [0.25, 0.3) is 0 Å². The molecule has 0 aromatic heterocycles. The fourth-order valence-corrected chi connectivity index (χ4v) is 1.68. The Hall–Kier alpha value is -0.720. The molecule has 1 fully saturated rings. The van der Waals surface area contributed by atoms with E-state index in [9.17, 15) is 0 Å². The van der Waals surface area contributed by atoms with Gasteiger partial charge in [-0.2, -0.15) is 0 Å². The molecule has 0 aromatic carbocycles. The van der Waals surface area contributed by atoms with Crippen LogP contribution in [0.15, 0.2) is 24.6 Å². The van der Waals surface area contributed by atoms with Gasteiger partial charge in [0.15, 0.2) is 0 Å². The Bertz CT molecular complexity index is 179. The molecule has 0 atom stereocenters. The molecule has 0 saturated carbocycles. The van der Waals surface area contributed by atoms with Crippen LogP contribution >= 0.6 is 0 Å². The van der Waals surface area contributed by atoms with Crippen molar-refractivity contribution >= 4 is 0 Å². The lowest BCUT2D eigenvalue weighted by atomic mass is 10.1. The molecule has 1 heterocycles. The molecule has 0 unspecified atom stereocenters. The van der Waals surface area contributed by atoms with Gasteiger partial charge >= 0.3 is 0 Å².